The number of hydrogen-bond acceptors (Lipinski definition) is 3. The van der Waals surface area contributed by atoms with Gasteiger partial charge in [-0.05, 0) is 30.0 Å². The van der Waals surface area contributed by atoms with Crippen molar-refractivity contribution in [2.24, 2.45) is 5.73 Å². The Bertz CT molecular complexity index is 351. The van der Waals surface area contributed by atoms with Crippen molar-refractivity contribution in [2.75, 3.05) is 0 Å². The smallest absolute Gasteiger partial charge is 0.335 e. The Balaban J connectivity index is 2.91. The van der Waals surface area contributed by atoms with Crippen LogP contribution in [0.15, 0.2) is 29.2 Å². The number of carboxylic acid groups (broad SMARTS) is 1. The maximum absolute atomic E-state index is 10.5. The number of hydrogen-bond donors (Lipinski definition) is 2. The van der Waals surface area contributed by atoms with Crippen molar-refractivity contribution in [2.45, 2.75) is 4.90 Å². The molecule has 13 heavy (non-hydrogen) atoms. The molecule has 1 aromatic rings. The minimum atomic E-state index is -1.02. The average Bonchev–Trinajstić information content (AvgIpc) is 2.03. The predicted molar refractivity (Wildman–Crippen MR) is 48.8 cm³/mol. The van der Waals surface area contributed by atoms with Gasteiger partial charge in [-0.25, -0.2) is 4.79 Å². The molecule has 3 N–H and O–H groups in total. The number of carbonyl (C=O) groups excluding carboxylic acids is 1. The zero-order chi connectivity index (χ0) is 9.84. The molecule has 0 saturated carbocycles. The third-order valence-corrected chi connectivity index (χ3v) is 1.99. The fraction of sp³-hybridized carbons (Fsp3) is 0. The lowest BCUT2D eigenvalue weighted by Gasteiger charge is -1.98. The van der Waals surface area contributed by atoms with E-state index in [0.717, 1.165) is 11.8 Å². The Kier molecular flexibility index (Phi) is 2.92. The van der Waals surface area contributed by atoms with Crippen molar-refractivity contribution in [3.05, 3.63) is 29.8 Å². The summed E-state index contributed by atoms with van der Waals surface area (Å²) in [6, 6.07) is 6.04. The fourth-order valence-corrected chi connectivity index (χ4v) is 1.37. The lowest BCUT2D eigenvalue weighted by molar-refractivity contribution is 0.0696. The van der Waals surface area contributed by atoms with Gasteiger partial charge in [0.2, 0.25) is 0 Å². The van der Waals surface area contributed by atoms with Crippen LogP contribution in [-0.4, -0.2) is 16.3 Å². The molecule has 0 spiro atoms. The molecule has 0 aliphatic heterocycles. The van der Waals surface area contributed by atoms with Gasteiger partial charge in [-0.15, -0.1) is 0 Å². The van der Waals surface area contributed by atoms with Crippen LogP contribution in [0, 0.1) is 0 Å². The second kappa shape index (κ2) is 3.95. The van der Waals surface area contributed by atoms with E-state index in [9.17, 15) is 9.59 Å². The van der Waals surface area contributed by atoms with E-state index in [-0.39, 0.29) is 5.56 Å². The number of thioether (sulfide) groups is 1. The third-order valence-electron chi connectivity index (χ3n) is 1.30. The van der Waals surface area contributed by atoms with E-state index in [2.05, 4.69) is 0 Å². The highest BCUT2D eigenvalue weighted by Gasteiger charge is 2.04. The average molecular weight is 197 g/mol. The van der Waals surface area contributed by atoms with E-state index in [1.165, 1.54) is 12.1 Å². The maximum Gasteiger partial charge on any atom is 0.335 e. The number of primary amides is 1. The molecule has 0 radical (unpaired) electrons. The van der Waals surface area contributed by atoms with Crippen LogP contribution in [0.1, 0.15) is 10.4 Å². The van der Waals surface area contributed by atoms with Crippen LogP contribution in [0.25, 0.3) is 0 Å². The second-order valence-corrected chi connectivity index (χ2v) is 3.33. The van der Waals surface area contributed by atoms with Crippen LogP contribution >= 0.6 is 11.8 Å². The van der Waals surface area contributed by atoms with Crippen molar-refractivity contribution < 1.29 is 14.7 Å². The van der Waals surface area contributed by atoms with Gasteiger partial charge in [0.05, 0.1) is 5.56 Å². The van der Waals surface area contributed by atoms with Crippen LogP contribution in [0.3, 0.4) is 0 Å². The highest BCUT2D eigenvalue weighted by atomic mass is 32.2. The Morgan fingerprint density at radius 1 is 1.38 bits per heavy atom. The lowest BCUT2D eigenvalue weighted by Crippen LogP contribution is -2.02. The number of rotatable bonds is 2. The van der Waals surface area contributed by atoms with Gasteiger partial charge < -0.3 is 10.8 Å². The summed E-state index contributed by atoms with van der Waals surface area (Å²) in [5.74, 6) is -1.02. The molecular formula is C8H7NO3S. The van der Waals surface area contributed by atoms with Crippen molar-refractivity contribution in [1.82, 2.24) is 0 Å². The van der Waals surface area contributed by atoms with Crippen LogP contribution in [-0.2, 0) is 0 Å². The van der Waals surface area contributed by atoms with E-state index in [1.54, 1.807) is 12.1 Å². The zero-order valence-corrected chi connectivity index (χ0v) is 7.38. The first kappa shape index (κ1) is 9.60. The molecule has 68 valence electrons. The Morgan fingerprint density at radius 3 is 2.62 bits per heavy atom. The van der Waals surface area contributed by atoms with Crippen LogP contribution in [0.5, 0.6) is 0 Å². The Morgan fingerprint density at radius 2 is 2.08 bits per heavy atom. The number of aromatic carboxylic acids is 1. The summed E-state index contributed by atoms with van der Waals surface area (Å²) in [5.41, 5.74) is 5.07. The molecule has 0 aliphatic carbocycles. The van der Waals surface area contributed by atoms with Gasteiger partial charge in [0.15, 0.2) is 0 Å². The number of carbonyl (C=O) groups is 2. The molecule has 1 aromatic carbocycles. The van der Waals surface area contributed by atoms with E-state index in [4.69, 9.17) is 10.8 Å². The summed E-state index contributed by atoms with van der Waals surface area (Å²) in [6.45, 7) is 0. The van der Waals surface area contributed by atoms with Gasteiger partial charge in [-0.3, -0.25) is 4.79 Å². The van der Waals surface area contributed by atoms with E-state index in [0.29, 0.717) is 4.90 Å². The number of amides is 1. The Hall–Kier alpha value is -1.49. The van der Waals surface area contributed by atoms with Gasteiger partial charge in [0.1, 0.15) is 0 Å². The van der Waals surface area contributed by atoms with Gasteiger partial charge >= 0.3 is 5.97 Å². The largest absolute Gasteiger partial charge is 0.478 e. The maximum atomic E-state index is 10.5. The predicted octanol–water partition coefficient (Wildman–Crippen LogP) is 1.56. The number of carboxylic acids is 1. The van der Waals surface area contributed by atoms with Gasteiger partial charge in [-0.1, -0.05) is 6.07 Å². The van der Waals surface area contributed by atoms with E-state index < -0.39 is 11.2 Å². The molecule has 0 saturated heterocycles. The fourth-order valence-electron chi connectivity index (χ4n) is 0.809. The standard InChI is InChI=1S/C8H7NO3S/c9-8(12)13-6-3-1-2-5(4-6)7(10)11/h1-4H,(H2,9,12)(H,10,11). The quantitative estimate of drug-likeness (QED) is 0.705. The zero-order valence-electron chi connectivity index (χ0n) is 6.56. The van der Waals surface area contributed by atoms with Crippen LogP contribution in [0.2, 0.25) is 0 Å². The first-order valence-corrected chi connectivity index (χ1v) is 4.22. The summed E-state index contributed by atoms with van der Waals surface area (Å²) < 4.78 is 0. The monoisotopic (exact) mass is 197 g/mol. The normalized spacial score (nSPS) is 9.54. The van der Waals surface area contributed by atoms with E-state index in [1.807, 2.05) is 0 Å². The molecule has 0 fully saturated rings. The van der Waals surface area contributed by atoms with Crippen LogP contribution < -0.4 is 5.73 Å². The number of nitrogens with two attached hydrogens (primary N) is 1. The summed E-state index contributed by atoms with van der Waals surface area (Å²) in [4.78, 5) is 21.5. The van der Waals surface area contributed by atoms with E-state index >= 15 is 0 Å². The molecule has 4 nitrogen and oxygen atoms in total. The molecular weight excluding hydrogens is 190 g/mol. The summed E-state index contributed by atoms with van der Waals surface area (Å²) in [7, 11) is 0. The van der Waals surface area contributed by atoms with Gasteiger partial charge in [-0.2, -0.15) is 0 Å². The van der Waals surface area contributed by atoms with Crippen molar-refractivity contribution in [3.8, 4) is 0 Å². The highest BCUT2D eigenvalue weighted by molar-refractivity contribution is 8.13. The summed E-state index contributed by atoms with van der Waals surface area (Å²) in [6.07, 6.45) is 0. The minimum absolute atomic E-state index is 0.145. The number of benzene rings is 1. The topological polar surface area (TPSA) is 80.4 Å². The SMILES string of the molecule is NC(=O)Sc1cccc(C(=O)O)c1. The van der Waals surface area contributed by atoms with Crippen molar-refractivity contribution >= 4 is 23.0 Å². The third kappa shape index (κ3) is 2.79. The minimum Gasteiger partial charge on any atom is -0.478 e. The van der Waals surface area contributed by atoms with Gasteiger partial charge in [0, 0.05) is 4.90 Å². The molecule has 0 aliphatic rings. The second-order valence-electron chi connectivity index (χ2n) is 2.25. The molecule has 0 unspecified atom stereocenters. The Labute approximate surface area is 78.7 Å². The molecule has 0 atom stereocenters. The molecule has 1 rings (SSSR count). The molecule has 5 heteroatoms. The lowest BCUT2D eigenvalue weighted by atomic mass is 10.2. The molecule has 0 bridgehead atoms. The first-order valence-electron chi connectivity index (χ1n) is 3.40. The van der Waals surface area contributed by atoms with Crippen LogP contribution in [0.4, 0.5) is 4.79 Å². The molecule has 0 aromatic heterocycles. The highest BCUT2D eigenvalue weighted by Crippen LogP contribution is 2.18. The molecule has 1 amide bonds. The van der Waals surface area contributed by atoms with Crippen molar-refractivity contribution in [3.63, 3.8) is 0 Å². The summed E-state index contributed by atoms with van der Waals surface area (Å²) in [5, 5.41) is 8.06. The van der Waals surface area contributed by atoms with Crippen molar-refractivity contribution in [1.29, 1.82) is 0 Å². The van der Waals surface area contributed by atoms with Gasteiger partial charge in [0.25, 0.3) is 5.24 Å². The molecule has 0 heterocycles. The first-order chi connectivity index (χ1) is 6.09. The summed E-state index contributed by atoms with van der Waals surface area (Å²) >= 11 is 0.806.